The zero-order valence-corrected chi connectivity index (χ0v) is 57.2. The molecule has 2 N–H and O–H groups in total. The Morgan fingerprint density at radius 3 is 1.89 bits per heavy atom. The van der Waals surface area contributed by atoms with Crippen molar-refractivity contribution in [1.82, 2.24) is 9.88 Å². The number of hydrogen-bond donors (Lipinski definition) is 2. The molecule has 19 heteroatoms. The van der Waals surface area contributed by atoms with Crippen LogP contribution < -0.4 is 10.6 Å². The predicted octanol–water partition coefficient (Wildman–Crippen LogP) is 11.6. The molecule has 3 aliphatic heterocycles. The lowest BCUT2D eigenvalue weighted by Gasteiger charge is -2.50. The quantitative estimate of drug-likeness (QED) is 0.0464. The first kappa shape index (κ1) is 71.5. The van der Waals surface area contributed by atoms with Gasteiger partial charge in [0.05, 0.1) is 71.3 Å². The number of para-hydroxylation sites is 1. The molecule has 3 fully saturated rings. The minimum Gasteiger partial charge on any atom is -0.459 e. The Labute approximate surface area is 553 Å². The van der Waals surface area contributed by atoms with Gasteiger partial charge in [0.25, 0.3) is 0 Å². The van der Waals surface area contributed by atoms with Crippen molar-refractivity contribution >= 4 is 58.5 Å². The minimum atomic E-state index is -4.02. The van der Waals surface area contributed by atoms with Gasteiger partial charge in [-0.3, -0.25) is 14.3 Å². The van der Waals surface area contributed by atoms with Gasteiger partial charge >= 0.3 is 17.9 Å². The average molecular weight is 1310 g/mol. The van der Waals surface area contributed by atoms with Crippen LogP contribution in [0.4, 0.5) is 0 Å². The van der Waals surface area contributed by atoms with Gasteiger partial charge < -0.3 is 57.7 Å². The smallest absolute Gasteiger partial charge is 0.338 e. The maximum absolute atomic E-state index is 16.4. The van der Waals surface area contributed by atoms with E-state index >= 15 is 9.36 Å². The number of ether oxygens (including phenoxy) is 9. The molecule has 0 bridgehead atoms. The highest BCUT2D eigenvalue weighted by atomic mass is 31.2. The molecule has 0 radical (unpaired) electrons. The van der Waals surface area contributed by atoms with Crippen LogP contribution in [0.3, 0.4) is 0 Å². The Hall–Kier alpha value is -6.80. The van der Waals surface area contributed by atoms with Crippen LogP contribution in [0.15, 0.2) is 169 Å². The fourth-order valence-corrected chi connectivity index (χ4v) is 16.2. The third-order valence-electron chi connectivity index (χ3n) is 19.2. The number of benzene rings is 5. The van der Waals surface area contributed by atoms with Gasteiger partial charge in [0, 0.05) is 53.3 Å². The Bertz CT molecular complexity index is 3560. The van der Waals surface area contributed by atoms with Crippen molar-refractivity contribution in [3.05, 3.63) is 181 Å². The van der Waals surface area contributed by atoms with E-state index in [4.69, 9.17) is 52.4 Å². The monoisotopic (exact) mass is 1310 g/mol. The molecule has 94 heavy (non-hydrogen) atoms. The normalized spacial score (nSPS) is 32.8. The summed E-state index contributed by atoms with van der Waals surface area (Å²) in [6.07, 6.45) is -5.04. The van der Waals surface area contributed by atoms with Crippen molar-refractivity contribution in [1.29, 1.82) is 0 Å². The molecule has 5 aromatic carbocycles. The van der Waals surface area contributed by atoms with Crippen LogP contribution in [0.5, 0.6) is 0 Å². The standard InChI is InChI=1S/C75H94N3O15P/c1-14-61-75(10,83)66(79)49(4)63(77-94(84,57-36-23-17-24-37-57)58-38-25-18-26-39-58)47(2)44-74(9,86-41-29-30-53-43-56-35-27-28-40-59(56)76-46-53)67(93-72-65(60(78(11)12)42-48(3)87-72)91-70(81)54-31-19-15-20-32-54)50(5)64(51(6)69(80)89-61)90-62-45-73(8,85-13)68(52(7)88-62)92-71(82)55-33-21-16-22-34-55/h15-40,43,46-52,60-62,64-68,72,79,83H,14,41-42,44-45H2,1-13H3/b30-29+,77-63-/t47-,48+,49-,50-,51+,52-,60-,61+,62?,64-,65+,66+,67+,68-,72?,73+,74-,75+/m0/s1. The van der Waals surface area contributed by atoms with Gasteiger partial charge in [-0.2, -0.15) is 0 Å². The van der Waals surface area contributed by atoms with Crippen LogP contribution in [0.25, 0.3) is 17.0 Å². The minimum absolute atomic E-state index is 0.000672. The number of aliphatic hydroxyl groups is 2. The molecular formula is C75H94N3O15P. The fraction of sp³-hybridized carbons (Fsp3) is 0.480. The number of esters is 3. The second-order valence-corrected chi connectivity index (χ2v) is 28.8. The number of fused-ring (bicyclic) bond motifs is 1. The van der Waals surface area contributed by atoms with Gasteiger partial charge in [-0.15, -0.1) is 0 Å². The maximum Gasteiger partial charge on any atom is 0.338 e. The number of carbonyl (C=O) groups excluding carboxylic acids is 3. The van der Waals surface area contributed by atoms with Crippen LogP contribution >= 0.6 is 7.29 Å². The van der Waals surface area contributed by atoms with Gasteiger partial charge in [0.1, 0.15) is 17.3 Å². The van der Waals surface area contributed by atoms with E-state index in [0.29, 0.717) is 28.2 Å². The summed E-state index contributed by atoms with van der Waals surface area (Å²) >= 11 is 0. The van der Waals surface area contributed by atoms with E-state index in [0.717, 1.165) is 16.5 Å². The number of likely N-dealkylation sites (N-methyl/N-ethyl adjacent to an activating group) is 1. The lowest BCUT2D eigenvalue weighted by Crippen LogP contribution is -2.62. The number of aromatic nitrogens is 1. The van der Waals surface area contributed by atoms with Crippen molar-refractivity contribution in [3.63, 3.8) is 0 Å². The Morgan fingerprint density at radius 2 is 1.31 bits per heavy atom. The molecule has 504 valence electrons. The molecule has 4 heterocycles. The van der Waals surface area contributed by atoms with Crippen molar-refractivity contribution in [3.8, 4) is 0 Å². The van der Waals surface area contributed by atoms with E-state index in [1.165, 1.54) is 14.0 Å². The highest BCUT2D eigenvalue weighted by molar-refractivity contribution is 7.77. The number of pyridine rings is 1. The SMILES string of the molecule is CC[C@H]1OC(=O)[C@H](C)[C@@H](OC2C[C@@](C)(OC)[C@@H](OC(=O)c3ccccc3)[C@H](C)O2)[C@H](C)[C@@H](OC2O[C@H](C)C[C@H](N(C)C)[C@H]2OC(=O)c2ccccc2)[C@@](C)(OC/C=C/c2cnc3ccccc3c2)C[C@H](C)/C(=N/P(=O)(c2ccccc2)c2ccccc2)[C@H](C)[C@@H](O)[C@]1(C)O. The highest BCUT2D eigenvalue weighted by Crippen LogP contribution is 2.49. The highest BCUT2D eigenvalue weighted by Gasteiger charge is 2.56. The number of cyclic esters (lactones) is 1. The third kappa shape index (κ3) is 16.2. The average Bonchev–Trinajstić information content (AvgIpc) is 0.770. The Morgan fingerprint density at radius 1 is 0.734 bits per heavy atom. The zero-order valence-electron chi connectivity index (χ0n) is 56.4. The molecule has 18 nitrogen and oxygen atoms in total. The van der Waals surface area contributed by atoms with Crippen LogP contribution in [-0.2, 0) is 52.0 Å². The molecule has 0 amide bonds. The van der Waals surface area contributed by atoms with E-state index < -0.39 is 133 Å². The van der Waals surface area contributed by atoms with Gasteiger partial charge in [-0.05, 0) is 147 Å². The molecule has 0 spiro atoms. The van der Waals surface area contributed by atoms with E-state index in [-0.39, 0.29) is 31.6 Å². The van der Waals surface area contributed by atoms with Crippen LogP contribution in [0.2, 0.25) is 0 Å². The molecule has 9 rings (SSSR count). The van der Waals surface area contributed by atoms with Crippen LogP contribution in [0, 0.1) is 23.7 Å². The molecular weight excluding hydrogens is 1210 g/mol. The molecule has 6 aromatic rings. The van der Waals surface area contributed by atoms with E-state index in [9.17, 15) is 19.8 Å². The first-order chi connectivity index (χ1) is 44.8. The van der Waals surface area contributed by atoms with Crippen molar-refractivity contribution in [2.24, 2.45) is 28.4 Å². The van der Waals surface area contributed by atoms with Gasteiger partial charge in [0.15, 0.2) is 24.8 Å². The largest absolute Gasteiger partial charge is 0.459 e. The lowest BCUT2D eigenvalue weighted by molar-refractivity contribution is -0.319. The molecule has 3 saturated heterocycles. The second kappa shape index (κ2) is 30.9. The first-order valence-electron chi connectivity index (χ1n) is 32.7. The molecule has 3 aliphatic rings. The molecule has 0 saturated carbocycles. The summed E-state index contributed by atoms with van der Waals surface area (Å²) in [7, 11) is 1.32. The molecule has 1 aromatic heterocycles. The summed E-state index contributed by atoms with van der Waals surface area (Å²) < 4.78 is 83.4. The topological polar surface area (TPSA) is 220 Å². The van der Waals surface area contributed by atoms with Crippen molar-refractivity contribution in [2.45, 2.75) is 179 Å². The van der Waals surface area contributed by atoms with Crippen molar-refractivity contribution < 1.29 is 71.8 Å². The lowest BCUT2D eigenvalue weighted by atomic mass is 9.73. The van der Waals surface area contributed by atoms with Gasteiger partial charge in [-0.25, -0.2) is 14.4 Å². The fourth-order valence-electron chi connectivity index (χ4n) is 13.9. The van der Waals surface area contributed by atoms with Gasteiger partial charge in [0.2, 0.25) is 7.29 Å². The molecule has 0 aliphatic carbocycles. The number of rotatable bonds is 18. The summed E-state index contributed by atoms with van der Waals surface area (Å²) in [5, 5.41) is 27.6. The summed E-state index contributed by atoms with van der Waals surface area (Å²) in [6.45, 7) is 17.7. The summed E-state index contributed by atoms with van der Waals surface area (Å²) in [5.41, 5.74) is -2.33. The summed E-state index contributed by atoms with van der Waals surface area (Å²) in [6, 6.07) is 44.7. The summed E-state index contributed by atoms with van der Waals surface area (Å²) in [5.74, 6) is -5.93. The maximum atomic E-state index is 16.4. The Balaban J connectivity index is 1.24. The van der Waals surface area contributed by atoms with E-state index in [1.807, 2.05) is 120 Å². The van der Waals surface area contributed by atoms with Crippen LogP contribution in [0.1, 0.15) is 121 Å². The number of hydrogen-bond acceptors (Lipinski definition) is 17. The first-order valence-corrected chi connectivity index (χ1v) is 34.4. The summed E-state index contributed by atoms with van der Waals surface area (Å²) in [4.78, 5) is 50.4. The number of aliphatic hydroxyl groups excluding tert-OH is 1. The predicted molar refractivity (Wildman–Crippen MR) is 362 cm³/mol. The number of methoxy groups -OCH3 is 1. The third-order valence-corrected chi connectivity index (χ3v) is 21.7. The zero-order chi connectivity index (χ0) is 67.7. The van der Waals surface area contributed by atoms with E-state index in [2.05, 4.69) is 0 Å². The molecule has 2 unspecified atom stereocenters. The number of carbonyl (C=O) groups is 3. The van der Waals surface area contributed by atoms with Crippen LogP contribution in [-0.4, -0.2) is 156 Å². The van der Waals surface area contributed by atoms with Gasteiger partial charge in [-0.1, -0.05) is 131 Å². The molecule has 18 atom stereocenters. The number of nitrogens with zero attached hydrogens (tertiary/aromatic N) is 3. The Kier molecular flexibility index (Phi) is 23.5. The second-order valence-electron chi connectivity index (χ2n) is 26.5. The van der Waals surface area contributed by atoms with Crippen molar-refractivity contribution in [2.75, 3.05) is 27.8 Å². The van der Waals surface area contributed by atoms with E-state index in [1.54, 1.807) is 131 Å².